The zero-order valence-electron chi connectivity index (χ0n) is 16.3. The number of ether oxygens (including phenoxy) is 1. The van der Waals surface area contributed by atoms with Crippen molar-refractivity contribution in [3.63, 3.8) is 0 Å². The highest BCUT2D eigenvalue weighted by atomic mass is 35.5. The highest BCUT2D eigenvalue weighted by molar-refractivity contribution is 7.89. The van der Waals surface area contributed by atoms with Crippen molar-refractivity contribution < 1.29 is 13.2 Å². The fraction of sp³-hybridized carbons (Fsp3) is 0.286. The van der Waals surface area contributed by atoms with Crippen LogP contribution in [0.4, 0.5) is 0 Å². The van der Waals surface area contributed by atoms with Crippen molar-refractivity contribution in [1.29, 1.82) is 0 Å². The summed E-state index contributed by atoms with van der Waals surface area (Å²) in [5.74, 6) is 1.29. The first-order chi connectivity index (χ1) is 14.4. The van der Waals surface area contributed by atoms with Gasteiger partial charge in [-0.1, -0.05) is 29.3 Å². The molecule has 0 unspecified atom stereocenters. The highest BCUT2D eigenvalue weighted by Gasteiger charge is 2.38. The Labute approximate surface area is 186 Å². The van der Waals surface area contributed by atoms with E-state index in [1.807, 2.05) is 16.8 Å². The van der Waals surface area contributed by atoms with Crippen LogP contribution in [-0.2, 0) is 23.1 Å². The molecule has 0 bridgehead atoms. The minimum absolute atomic E-state index is 0.00720. The summed E-state index contributed by atoms with van der Waals surface area (Å²) in [6.45, 7) is 0.723. The van der Waals surface area contributed by atoms with E-state index in [0.717, 1.165) is 18.4 Å². The monoisotopic (exact) mass is 465 g/mol. The van der Waals surface area contributed by atoms with Gasteiger partial charge in [-0.3, -0.25) is 0 Å². The predicted molar refractivity (Wildman–Crippen MR) is 117 cm³/mol. The maximum absolute atomic E-state index is 13.3. The average Bonchev–Trinajstić information content (AvgIpc) is 3.48. The summed E-state index contributed by atoms with van der Waals surface area (Å²) in [5, 5.41) is 0.981. The molecular weight excluding hydrogens is 445 g/mol. The second kappa shape index (κ2) is 8.59. The van der Waals surface area contributed by atoms with Crippen LogP contribution in [-0.4, -0.2) is 35.4 Å². The van der Waals surface area contributed by atoms with E-state index in [0.29, 0.717) is 28.2 Å². The van der Waals surface area contributed by atoms with Crippen molar-refractivity contribution in [3.05, 3.63) is 76.3 Å². The number of aromatic nitrogens is 2. The van der Waals surface area contributed by atoms with Gasteiger partial charge in [-0.05, 0) is 54.8 Å². The maximum atomic E-state index is 13.3. The summed E-state index contributed by atoms with van der Waals surface area (Å²) in [6.07, 6.45) is 5.21. The van der Waals surface area contributed by atoms with Gasteiger partial charge in [0.2, 0.25) is 10.0 Å². The second-order valence-corrected chi connectivity index (χ2v) is 9.88. The smallest absolute Gasteiger partial charge is 0.243 e. The first-order valence-corrected chi connectivity index (χ1v) is 11.7. The Bertz CT molecular complexity index is 1140. The second-order valence-electron chi connectivity index (χ2n) is 7.18. The molecule has 158 valence electrons. The fourth-order valence-electron chi connectivity index (χ4n) is 3.27. The Morgan fingerprint density at radius 3 is 2.50 bits per heavy atom. The molecule has 30 heavy (non-hydrogen) atoms. The third-order valence-electron chi connectivity index (χ3n) is 5.06. The van der Waals surface area contributed by atoms with Crippen molar-refractivity contribution >= 4 is 33.2 Å². The molecule has 0 amide bonds. The summed E-state index contributed by atoms with van der Waals surface area (Å²) in [6, 6.07) is 11.9. The molecule has 2 aromatic carbocycles. The number of rotatable bonds is 8. The number of nitrogens with zero attached hydrogens (tertiary/aromatic N) is 3. The first kappa shape index (κ1) is 21.2. The van der Waals surface area contributed by atoms with Gasteiger partial charge >= 0.3 is 0 Å². The molecule has 1 fully saturated rings. The fourth-order valence-corrected chi connectivity index (χ4v) is 5.23. The van der Waals surface area contributed by atoms with Crippen LogP contribution < -0.4 is 4.74 Å². The number of hydrogen-bond donors (Lipinski definition) is 0. The lowest BCUT2D eigenvalue weighted by Crippen LogP contribution is -2.33. The van der Waals surface area contributed by atoms with Crippen LogP contribution in [0.2, 0.25) is 10.0 Å². The Morgan fingerprint density at radius 2 is 1.87 bits per heavy atom. The summed E-state index contributed by atoms with van der Waals surface area (Å²) in [4.78, 5) is 4.66. The molecule has 1 saturated carbocycles. The lowest BCUT2D eigenvalue weighted by Gasteiger charge is -2.22. The van der Waals surface area contributed by atoms with Gasteiger partial charge in [-0.2, -0.15) is 4.31 Å². The lowest BCUT2D eigenvalue weighted by atomic mass is 10.2. The molecule has 1 aliphatic carbocycles. The van der Waals surface area contributed by atoms with E-state index in [9.17, 15) is 8.42 Å². The van der Waals surface area contributed by atoms with E-state index < -0.39 is 10.0 Å². The minimum Gasteiger partial charge on any atom is -0.497 e. The molecule has 6 nitrogen and oxygen atoms in total. The number of benzene rings is 2. The Balaban J connectivity index is 1.58. The third kappa shape index (κ3) is 4.49. The van der Waals surface area contributed by atoms with Crippen LogP contribution in [0.25, 0.3) is 0 Å². The number of hydrogen-bond acceptors (Lipinski definition) is 4. The molecule has 0 N–H and O–H groups in total. The quantitative estimate of drug-likeness (QED) is 0.487. The van der Waals surface area contributed by atoms with Crippen LogP contribution in [0.5, 0.6) is 5.75 Å². The van der Waals surface area contributed by atoms with Gasteiger partial charge in [0, 0.05) is 25.0 Å². The predicted octanol–water partition coefficient (Wildman–Crippen LogP) is 4.60. The van der Waals surface area contributed by atoms with Gasteiger partial charge < -0.3 is 9.30 Å². The first-order valence-electron chi connectivity index (χ1n) is 9.48. The average molecular weight is 466 g/mol. The van der Waals surface area contributed by atoms with Crippen molar-refractivity contribution in [2.75, 3.05) is 7.11 Å². The molecule has 3 aromatic rings. The van der Waals surface area contributed by atoms with Crippen LogP contribution in [0.3, 0.4) is 0 Å². The molecule has 9 heteroatoms. The molecule has 0 saturated heterocycles. The number of methoxy groups -OCH3 is 1. The summed E-state index contributed by atoms with van der Waals surface area (Å²) < 4.78 is 35.2. The largest absolute Gasteiger partial charge is 0.497 e. The number of imidazole rings is 1. The van der Waals surface area contributed by atoms with Crippen LogP contribution in [0, 0.1) is 0 Å². The Kier molecular flexibility index (Phi) is 6.06. The number of halogens is 2. The minimum atomic E-state index is -3.65. The van der Waals surface area contributed by atoms with Gasteiger partial charge in [0.15, 0.2) is 0 Å². The van der Waals surface area contributed by atoms with Gasteiger partial charge in [0.1, 0.15) is 11.6 Å². The highest BCUT2D eigenvalue weighted by Crippen LogP contribution is 2.34. The molecule has 0 aliphatic heterocycles. The van der Waals surface area contributed by atoms with Gasteiger partial charge in [-0.25, -0.2) is 13.4 Å². The van der Waals surface area contributed by atoms with Crippen LogP contribution in [0.1, 0.15) is 24.2 Å². The molecule has 1 aliphatic rings. The number of sulfonamides is 1. The normalized spacial score (nSPS) is 14.3. The van der Waals surface area contributed by atoms with Crippen LogP contribution in [0.15, 0.2) is 59.8 Å². The van der Waals surface area contributed by atoms with Gasteiger partial charge in [0.05, 0.1) is 28.6 Å². The molecule has 4 rings (SSSR count). The summed E-state index contributed by atoms with van der Waals surface area (Å²) >= 11 is 12.1. The topological polar surface area (TPSA) is 64.4 Å². The van der Waals surface area contributed by atoms with E-state index in [1.54, 1.807) is 54.0 Å². The van der Waals surface area contributed by atoms with E-state index >= 15 is 0 Å². The van der Waals surface area contributed by atoms with Crippen molar-refractivity contribution in [2.45, 2.75) is 36.9 Å². The van der Waals surface area contributed by atoms with Gasteiger partial charge in [-0.15, -0.1) is 0 Å². The molecule has 0 atom stereocenters. The molecule has 0 radical (unpaired) electrons. The summed E-state index contributed by atoms with van der Waals surface area (Å²) in [7, 11) is -2.11. The van der Waals surface area contributed by atoms with Crippen molar-refractivity contribution in [1.82, 2.24) is 13.9 Å². The molecule has 1 heterocycles. The van der Waals surface area contributed by atoms with Crippen LogP contribution >= 0.6 is 23.2 Å². The maximum Gasteiger partial charge on any atom is 0.243 e. The van der Waals surface area contributed by atoms with E-state index in [-0.39, 0.29) is 17.5 Å². The lowest BCUT2D eigenvalue weighted by molar-refractivity contribution is 0.383. The van der Waals surface area contributed by atoms with E-state index in [1.165, 1.54) is 0 Å². The summed E-state index contributed by atoms with van der Waals surface area (Å²) in [5.41, 5.74) is 0.958. The standard InChI is InChI=1S/C21H21Cl2N3O3S/c1-29-17-5-7-18(8-6-17)30(27,28)26(16-3-4-16)14-21-24-10-11-25(21)13-15-2-9-19(22)20(23)12-15/h2,5-12,16H,3-4,13-14H2,1H3. The zero-order valence-corrected chi connectivity index (χ0v) is 18.7. The molecule has 0 spiro atoms. The zero-order chi connectivity index (χ0) is 21.3. The molecule has 1 aromatic heterocycles. The van der Waals surface area contributed by atoms with E-state index in [2.05, 4.69) is 4.98 Å². The SMILES string of the molecule is COc1ccc(S(=O)(=O)N(Cc2nccn2Cc2ccc(Cl)c(Cl)c2)C2CC2)cc1. The van der Waals surface area contributed by atoms with Crippen molar-refractivity contribution in [2.24, 2.45) is 0 Å². The Morgan fingerprint density at radius 1 is 1.13 bits per heavy atom. The molecular formula is C21H21Cl2N3O3S. The van der Waals surface area contributed by atoms with Crippen molar-refractivity contribution in [3.8, 4) is 5.75 Å². The third-order valence-corrected chi connectivity index (χ3v) is 7.71. The van der Waals surface area contributed by atoms with E-state index in [4.69, 9.17) is 27.9 Å². The van der Waals surface area contributed by atoms with Gasteiger partial charge in [0.25, 0.3) is 0 Å². The Hall–Kier alpha value is -2.06.